The molecule has 0 aliphatic carbocycles. The number of nitrogens with one attached hydrogen (secondary N) is 1. The summed E-state index contributed by atoms with van der Waals surface area (Å²) in [5, 5.41) is 6.97. The molecule has 3 aromatic rings. The average molecular weight is 382 g/mol. The SMILES string of the molecule is Cc1noc(C)c1CSc1ccccc1C(=O)Nc1ccc(N(C)C)cc1. The fourth-order valence-electron chi connectivity index (χ4n) is 2.68. The van der Waals surface area contributed by atoms with Crippen molar-refractivity contribution >= 4 is 29.0 Å². The Labute approximate surface area is 163 Å². The van der Waals surface area contributed by atoms with E-state index in [1.807, 2.05) is 81.4 Å². The number of carbonyl (C=O) groups is 1. The first-order chi connectivity index (χ1) is 13.0. The normalized spacial score (nSPS) is 10.7. The van der Waals surface area contributed by atoms with Crippen LogP contribution in [0.1, 0.15) is 27.4 Å². The Kier molecular flexibility index (Phi) is 5.86. The Balaban J connectivity index is 1.73. The maximum Gasteiger partial charge on any atom is 0.256 e. The summed E-state index contributed by atoms with van der Waals surface area (Å²) in [6.45, 7) is 3.84. The van der Waals surface area contributed by atoms with Gasteiger partial charge < -0.3 is 14.7 Å². The van der Waals surface area contributed by atoms with Gasteiger partial charge in [-0.3, -0.25) is 4.79 Å². The molecule has 3 rings (SSSR count). The molecule has 0 radical (unpaired) electrons. The van der Waals surface area contributed by atoms with E-state index in [9.17, 15) is 4.79 Å². The molecule has 1 N–H and O–H groups in total. The second-order valence-corrected chi connectivity index (χ2v) is 7.50. The van der Waals surface area contributed by atoms with Crippen LogP contribution < -0.4 is 10.2 Å². The van der Waals surface area contributed by atoms with Crippen molar-refractivity contribution < 1.29 is 9.32 Å². The van der Waals surface area contributed by atoms with Crippen LogP contribution in [0.2, 0.25) is 0 Å². The lowest BCUT2D eigenvalue weighted by atomic mass is 10.2. The molecule has 0 atom stereocenters. The van der Waals surface area contributed by atoms with E-state index in [4.69, 9.17) is 4.52 Å². The van der Waals surface area contributed by atoms with E-state index in [2.05, 4.69) is 10.5 Å². The molecule has 0 unspecified atom stereocenters. The van der Waals surface area contributed by atoms with Crippen molar-refractivity contribution in [3.63, 3.8) is 0 Å². The maximum absolute atomic E-state index is 12.8. The maximum atomic E-state index is 12.8. The van der Waals surface area contributed by atoms with Crippen LogP contribution in [-0.2, 0) is 5.75 Å². The van der Waals surface area contributed by atoms with Crippen molar-refractivity contribution in [2.75, 3.05) is 24.3 Å². The Morgan fingerprint density at radius 3 is 2.44 bits per heavy atom. The zero-order valence-electron chi connectivity index (χ0n) is 15.9. The van der Waals surface area contributed by atoms with Crippen LogP contribution in [-0.4, -0.2) is 25.2 Å². The Morgan fingerprint density at radius 2 is 1.81 bits per heavy atom. The number of amides is 1. The van der Waals surface area contributed by atoms with E-state index in [1.54, 1.807) is 11.8 Å². The highest BCUT2D eigenvalue weighted by molar-refractivity contribution is 7.98. The highest BCUT2D eigenvalue weighted by atomic mass is 32.2. The largest absolute Gasteiger partial charge is 0.378 e. The molecule has 27 heavy (non-hydrogen) atoms. The third-order valence-corrected chi connectivity index (χ3v) is 5.43. The average Bonchev–Trinajstić information content (AvgIpc) is 2.98. The zero-order valence-corrected chi connectivity index (χ0v) is 16.8. The van der Waals surface area contributed by atoms with Gasteiger partial charge in [0.2, 0.25) is 0 Å². The van der Waals surface area contributed by atoms with E-state index in [0.29, 0.717) is 11.3 Å². The lowest BCUT2D eigenvalue weighted by molar-refractivity contribution is 0.102. The standard InChI is InChI=1S/C21H23N3O2S/c1-14-19(15(2)26-23-14)13-27-20-8-6-5-7-18(20)21(25)22-16-9-11-17(12-10-16)24(3)4/h5-12H,13H2,1-4H3,(H,22,25). The molecule has 5 nitrogen and oxygen atoms in total. The van der Waals surface area contributed by atoms with Crippen molar-refractivity contribution in [3.05, 3.63) is 71.1 Å². The molecular formula is C21H23N3O2S. The van der Waals surface area contributed by atoms with Crippen LogP contribution in [0, 0.1) is 13.8 Å². The summed E-state index contributed by atoms with van der Waals surface area (Å²) in [5.41, 5.74) is 4.49. The van der Waals surface area contributed by atoms with Crippen LogP contribution in [0.15, 0.2) is 57.9 Å². The minimum absolute atomic E-state index is 0.116. The van der Waals surface area contributed by atoms with Crippen LogP contribution >= 0.6 is 11.8 Å². The fraction of sp³-hybridized carbons (Fsp3) is 0.238. The molecular weight excluding hydrogens is 358 g/mol. The summed E-state index contributed by atoms with van der Waals surface area (Å²) in [5.74, 6) is 1.42. The van der Waals surface area contributed by atoms with E-state index < -0.39 is 0 Å². The van der Waals surface area contributed by atoms with Gasteiger partial charge in [0.25, 0.3) is 5.91 Å². The molecule has 2 aromatic carbocycles. The number of hydrogen-bond donors (Lipinski definition) is 1. The van der Waals surface area contributed by atoms with E-state index in [-0.39, 0.29) is 5.91 Å². The predicted octanol–water partition coefficient (Wildman–Crippen LogP) is 4.90. The number of thioether (sulfide) groups is 1. The summed E-state index contributed by atoms with van der Waals surface area (Å²) < 4.78 is 5.22. The van der Waals surface area contributed by atoms with Crippen LogP contribution in [0.4, 0.5) is 11.4 Å². The van der Waals surface area contributed by atoms with Gasteiger partial charge in [-0.15, -0.1) is 11.8 Å². The third-order valence-electron chi connectivity index (χ3n) is 4.33. The summed E-state index contributed by atoms with van der Waals surface area (Å²) in [7, 11) is 3.97. The second kappa shape index (κ2) is 8.31. The number of hydrogen-bond acceptors (Lipinski definition) is 5. The minimum atomic E-state index is -0.116. The van der Waals surface area contributed by atoms with E-state index in [1.165, 1.54) is 0 Å². The smallest absolute Gasteiger partial charge is 0.256 e. The van der Waals surface area contributed by atoms with Crippen molar-refractivity contribution in [2.24, 2.45) is 0 Å². The molecule has 0 fully saturated rings. The van der Waals surface area contributed by atoms with E-state index >= 15 is 0 Å². The number of carbonyl (C=O) groups excluding carboxylic acids is 1. The lowest BCUT2D eigenvalue weighted by Gasteiger charge is -2.13. The number of benzene rings is 2. The van der Waals surface area contributed by atoms with Crippen LogP contribution in [0.25, 0.3) is 0 Å². The van der Waals surface area contributed by atoms with Crippen LogP contribution in [0.3, 0.4) is 0 Å². The molecule has 6 heteroatoms. The van der Waals surface area contributed by atoms with Gasteiger partial charge in [0.05, 0.1) is 11.3 Å². The molecule has 1 aromatic heterocycles. The minimum Gasteiger partial charge on any atom is -0.378 e. The lowest BCUT2D eigenvalue weighted by Crippen LogP contribution is -2.13. The summed E-state index contributed by atoms with van der Waals surface area (Å²) in [6.07, 6.45) is 0. The molecule has 0 spiro atoms. The van der Waals surface area contributed by atoms with Crippen molar-refractivity contribution in [1.29, 1.82) is 0 Å². The van der Waals surface area contributed by atoms with Gasteiger partial charge in [-0.25, -0.2) is 0 Å². The van der Waals surface area contributed by atoms with Crippen molar-refractivity contribution in [2.45, 2.75) is 24.5 Å². The first kappa shape index (κ1) is 19.0. The quantitative estimate of drug-likeness (QED) is 0.615. The first-order valence-corrected chi connectivity index (χ1v) is 9.66. The number of rotatable bonds is 6. The highest BCUT2D eigenvalue weighted by Crippen LogP contribution is 2.29. The van der Waals surface area contributed by atoms with Gasteiger partial charge in [-0.05, 0) is 50.2 Å². The van der Waals surface area contributed by atoms with Crippen molar-refractivity contribution in [1.82, 2.24) is 5.16 Å². The summed E-state index contributed by atoms with van der Waals surface area (Å²) >= 11 is 1.61. The van der Waals surface area contributed by atoms with E-state index in [0.717, 1.165) is 33.3 Å². The monoisotopic (exact) mass is 381 g/mol. The van der Waals surface area contributed by atoms with Gasteiger partial charge in [-0.2, -0.15) is 0 Å². The Hall–Kier alpha value is -2.73. The molecule has 0 aliphatic heterocycles. The summed E-state index contributed by atoms with van der Waals surface area (Å²) in [4.78, 5) is 15.7. The molecule has 0 saturated carbocycles. The van der Waals surface area contributed by atoms with Gasteiger partial charge in [0.15, 0.2) is 0 Å². The number of aromatic nitrogens is 1. The zero-order chi connectivity index (χ0) is 19.4. The Morgan fingerprint density at radius 1 is 1.11 bits per heavy atom. The molecule has 0 aliphatic rings. The highest BCUT2D eigenvalue weighted by Gasteiger charge is 2.14. The number of anilines is 2. The predicted molar refractivity (Wildman–Crippen MR) is 111 cm³/mol. The molecule has 1 heterocycles. The van der Waals surface area contributed by atoms with Crippen LogP contribution in [0.5, 0.6) is 0 Å². The van der Waals surface area contributed by atoms with Gasteiger partial charge in [0, 0.05) is 41.7 Å². The van der Waals surface area contributed by atoms with Gasteiger partial charge in [-0.1, -0.05) is 17.3 Å². The number of nitrogens with zero attached hydrogens (tertiary/aromatic N) is 2. The first-order valence-electron chi connectivity index (χ1n) is 8.68. The molecule has 140 valence electrons. The van der Waals surface area contributed by atoms with Gasteiger partial charge in [0.1, 0.15) is 5.76 Å². The van der Waals surface area contributed by atoms with Gasteiger partial charge >= 0.3 is 0 Å². The summed E-state index contributed by atoms with van der Waals surface area (Å²) in [6, 6.07) is 15.4. The molecule has 0 bridgehead atoms. The molecule has 1 amide bonds. The second-order valence-electron chi connectivity index (χ2n) is 6.48. The third kappa shape index (κ3) is 4.52. The number of aryl methyl sites for hydroxylation is 2. The Bertz CT molecular complexity index is 913. The van der Waals surface area contributed by atoms with Crippen molar-refractivity contribution in [3.8, 4) is 0 Å². The fourth-order valence-corrected chi connectivity index (χ4v) is 3.88. The molecule has 0 saturated heterocycles. The topological polar surface area (TPSA) is 58.4 Å².